The molecule has 4 atom stereocenters. The van der Waals surface area contributed by atoms with Gasteiger partial charge in [0.1, 0.15) is 24.7 Å². The molecule has 2 aromatic carbocycles. The molecule has 69 heavy (non-hydrogen) atoms. The molecule has 16 nitrogen and oxygen atoms in total. The fourth-order valence-corrected chi connectivity index (χ4v) is 9.71. The number of hydrogen-bond acceptors (Lipinski definition) is 12. The minimum Gasteiger partial charge on any atom is -0.493 e. The molecule has 4 aliphatic rings. The third kappa shape index (κ3) is 10.3. The highest BCUT2D eigenvalue weighted by atomic mass is 35.5. The number of nitrogens with one attached hydrogen (secondary N) is 6. The Morgan fingerprint density at radius 3 is 1.84 bits per heavy atom. The average Bonchev–Trinajstić information content (AvgIpc) is 4.11. The van der Waals surface area contributed by atoms with Gasteiger partial charge in [0.15, 0.2) is 11.5 Å². The number of carbonyl (C=O) groups excluding carboxylic acids is 2. The zero-order valence-electron chi connectivity index (χ0n) is 38.9. The molecule has 18 heteroatoms. The van der Waals surface area contributed by atoms with E-state index in [1.807, 2.05) is 43.3 Å². The second-order valence-electron chi connectivity index (χ2n) is 17.5. The maximum atomic E-state index is 13.1. The van der Waals surface area contributed by atoms with Crippen LogP contribution in [0.3, 0.4) is 0 Å². The molecule has 2 fully saturated rings. The van der Waals surface area contributed by atoms with Gasteiger partial charge in [0.2, 0.25) is 0 Å². The molecule has 6 aromatic rings. The van der Waals surface area contributed by atoms with Gasteiger partial charge in [-0.15, -0.1) is 0 Å². The second-order valence-corrected chi connectivity index (χ2v) is 18.3. The number of ether oxygens (including phenoxy) is 6. The number of anilines is 4. The van der Waals surface area contributed by atoms with Gasteiger partial charge in [-0.05, 0) is 75.4 Å². The van der Waals surface area contributed by atoms with E-state index in [9.17, 15) is 9.59 Å². The summed E-state index contributed by atoms with van der Waals surface area (Å²) in [5, 5.41) is 13.8. The summed E-state index contributed by atoms with van der Waals surface area (Å²) in [4.78, 5) is 41.6. The van der Waals surface area contributed by atoms with E-state index >= 15 is 0 Å². The number of amides is 2. The number of nitrogens with zero attached hydrogens (tertiary/aromatic N) is 2. The number of benzene rings is 2. The maximum absolute atomic E-state index is 13.1. The van der Waals surface area contributed by atoms with Gasteiger partial charge in [0.25, 0.3) is 11.8 Å². The van der Waals surface area contributed by atoms with E-state index in [0.29, 0.717) is 93.1 Å². The number of aromatic amines is 2. The number of methoxy groups -OCH3 is 2. The molecule has 2 amide bonds. The molecule has 0 radical (unpaired) electrons. The van der Waals surface area contributed by atoms with Crippen molar-refractivity contribution in [2.24, 2.45) is 0 Å². The molecule has 0 aliphatic carbocycles. The molecule has 6 N–H and O–H groups in total. The number of halogens is 2. The minimum absolute atomic E-state index is 0.0201. The predicted octanol–water partition coefficient (Wildman–Crippen LogP) is 9.99. The first-order chi connectivity index (χ1) is 33.6. The van der Waals surface area contributed by atoms with Gasteiger partial charge in [-0.1, -0.05) is 42.3 Å². The summed E-state index contributed by atoms with van der Waals surface area (Å²) in [6.45, 7) is 7.04. The first-order valence-corrected chi connectivity index (χ1v) is 24.0. The van der Waals surface area contributed by atoms with Crippen LogP contribution < -0.4 is 40.2 Å². The van der Waals surface area contributed by atoms with Crippen LogP contribution in [0.25, 0.3) is 22.5 Å². The number of pyridine rings is 2. The Bertz CT molecular complexity index is 2800. The second kappa shape index (κ2) is 21.5. The van der Waals surface area contributed by atoms with Crippen LogP contribution >= 0.6 is 23.2 Å². The van der Waals surface area contributed by atoms with Crippen molar-refractivity contribution in [2.45, 2.75) is 76.5 Å². The molecule has 1 unspecified atom stereocenters. The van der Waals surface area contributed by atoms with Crippen molar-refractivity contribution in [1.82, 2.24) is 30.6 Å². The van der Waals surface area contributed by atoms with Crippen LogP contribution in [0.4, 0.5) is 22.7 Å². The summed E-state index contributed by atoms with van der Waals surface area (Å²) in [7, 11) is 3.13. The molecule has 362 valence electrons. The van der Waals surface area contributed by atoms with Gasteiger partial charge < -0.3 is 59.7 Å². The van der Waals surface area contributed by atoms with E-state index < -0.39 is 0 Å². The van der Waals surface area contributed by atoms with Crippen LogP contribution in [0.5, 0.6) is 23.0 Å². The van der Waals surface area contributed by atoms with Crippen LogP contribution in [-0.4, -0.2) is 97.2 Å². The lowest BCUT2D eigenvalue weighted by Crippen LogP contribution is -2.39. The van der Waals surface area contributed by atoms with Gasteiger partial charge in [-0.25, -0.2) is 0 Å². The van der Waals surface area contributed by atoms with E-state index in [4.69, 9.17) is 51.6 Å². The van der Waals surface area contributed by atoms with E-state index in [1.165, 1.54) is 0 Å². The Kier molecular flexibility index (Phi) is 14.8. The Morgan fingerprint density at radius 2 is 1.28 bits per heavy atom. The first kappa shape index (κ1) is 47.6. The summed E-state index contributed by atoms with van der Waals surface area (Å²) in [6.07, 6.45) is 12.9. The van der Waals surface area contributed by atoms with Crippen LogP contribution in [0.2, 0.25) is 10.0 Å². The summed E-state index contributed by atoms with van der Waals surface area (Å²) in [5.74, 6) is 2.06. The van der Waals surface area contributed by atoms with Gasteiger partial charge >= 0.3 is 0 Å². The molecule has 2 saturated heterocycles. The Labute approximate surface area is 410 Å². The molecule has 10 rings (SSSR count). The topological polar surface area (TPSA) is 195 Å². The highest BCUT2D eigenvalue weighted by Gasteiger charge is 2.34. The van der Waals surface area contributed by atoms with Crippen molar-refractivity contribution < 1.29 is 38.0 Å². The van der Waals surface area contributed by atoms with Crippen LogP contribution in [-0.2, 0) is 15.9 Å². The van der Waals surface area contributed by atoms with Gasteiger partial charge in [0, 0.05) is 73.0 Å². The molecule has 0 spiro atoms. The molecule has 0 bridgehead atoms. The number of para-hydroxylation sites is 2. The van der Waals surface area contributed by atoms with Crippen LogP contribution in [0, 0.1) is 0 Å². The Morgan fingerprint density at radius 1 is 0.710 bits per heavy atom. The van der Waals surface area contributed by atoms with E-state index in [0.717, 1.165) is 79.2 Å². The Balaban J connectivity index is 0.000000172. The van der Waals surface area contributed by atoms with Crippen molar-refractivity contribution in [3.8, 4) is 45.5 Å². The summed E-state index contributed by atoms with van der Waals surface area (Å²) < 4.78 is 35.0. The fourth-order valence-electron chi connectivity index (χ4n) is 9.21. The minimum atomic E-state index is -0.144. The zero-order valence-corrected chi connectivity index (χ0v) is 40.4. The van der Waals surface area contributed by atoms with Gasteiger partial charge in [0.05, 0.1) is 94.1 Å². The largest absolute Gasteiger partial charge is 0.493 e. The molecule has 8 heterocycles. The highest BCUT2D eigenvalue weighted by molar-refractivity contribution is 6.33. The highest BCUT2D eigenvalue weighted by Crippen LogP contribution is 2.46. The number of H-pyrrole nitrogens is 2. The SMILES string of the molecule is COc1c(Cl)cccc1Nc1c(-c2ccncc2OC[C@@H]2CCCO2)[nH]c2c1C(=O)NCC2C.COc1c(Cl)cccc1Nc1c(-c2ccncc2OC[C@H]2CCCCO2)[nH]c2c1C(=O)N[C@H](C)C2. The third-order valence-corrected chi connectivity index (χ3v) is 13.2. The number of aromatic nitrogens is 4. The first-order valence-electron chi connectivity index (χ1n) is 23.3. The summed E-state index contributed by atoms with van der Waals surface area (Å²) in [5.41, 5.74) is 8.51. The zero-order chi connectivity index (χ0) is 48.0. The van der Waals surface area contributed by atoms with Crippen molar-refractivity contribution in [3.63, 3.8) is 0 Å². The lowest BCUT2D eigenvalue weighted by Gasteiger charge is -2.23. The van der Waals surface area contributed by atoms with Crippen LogP contribution in [0.1, 0.15) is 84.0 Å². The molecular weight excluding hydrogens is 924 g/mol. The monoisotopic (exact) mass is 978 g/mol. The van der Waals surface area contributed by atoms with Gasteiger partial charge in [-0.2, -0.15) is 0 Å². The Hall–Kier alpha value is -6.46. The standard InChI is InChI=1S/C26H29ClN4O4.C25H27ClN4O4/c1-15-12-20-22(26(32)29-15)24(30-19-8-5-7-18(27)25(19)33-2)23(31-20)17-9-10-28-13-21(17)35-14-16-6-3-4-11-34-16;1-14-11-28-25(31)20-21(14)30-22(23(20)29-18-7-3-6-17(26)24(18)32-2)16-8-9-27-12-19(16)34-13-15-5-4-10-33-15/h5,7-10,13,15-16,30-31H,3-4,6,11-12,14H2,1-2H3,(H,29,32);3,6-9,12,14-15,29-30H,4-5,10-11,13H2,1-2H3,(H,28,31)/t15-,16-;14?,15-/m10/s1. The van der Waals surface area contributed by atoms with Gasteiger partial charge in [-0.3, -0.25) is 19.6 Å². The van der Waals surface area contributed by atoms with E-state index in [2.05, 4.69) is 48.1 Å². The van der Waals surface area contributed by atoms with E-state index in [-0.39, 0.29) is 36.0 Å². The van der Waals surface area contributed by atoms with Crippen molar-refractivity contribution >= 4 is 57.8 Å². The van der Waals surface area contributed by atoms with Crippen molar-refractivity contribution in [3.05, 3.63) is 106 Å². The smallest absolute Gasteiger partial charge is 0.255 e. The molecular formula is C51H56Cl2N8O8. The quantitative estimate of drug-likeness (QED) is 0.0606. The molecule has 4 aliphatic heterocycles. The summed E-state index contributed by atoms with van der Waals surface area (Å²) >= 11 is 12.7. The normalized spacial score (nSPS) is 19.5. The van der Waals surface area contributed by atoms with Crippen molar-refractivity contribution in [1.29, 1.82) is 0 Å². The van der Waals surface area contributed by atoms with Crippen LogP contribution in [0.15, 0.2) is 73.3 Å². The number of fused-ring (bicyclic) bond motifs is 2. The lowest BCUT2D eigenvalue weighted by molar-refractivity contribution is -0.0110. The predicted molar refractivity (Wildman–Crippen MR) is 266 cm³/mol. The number of hydrogen-bond donors (Lipinski definition) is 6. The van der Waals surface area contributed by atoms with E-state index in [1.54, 1.807) is 51.1 Å². The molecule has 4 aromatic heterocycles. The molecule has 0 saturated carbocycles. The fraction of sp³-hybridized carbons (Fsp3) is 0.373. The number of carbonyl (C=O) groups is 2. The van der Waals surface area contributed by atoms with Crippen molar-refractivity contribution in [2.75, 3.05) is 57.8 Å². The summed E-state index contributed by atoms with van der Waals surface area (Å²) in [6, 6.07) is 14.7. The lowest BCUT2D eigenvalue weighted by atomic mass is 9.98. The maximum Gasteiger partial charge on any atom is 0.255 e. The third-order valence-electron chi connectivity index (χ3n) is 12.6. The number of rotatable bonds is 14. The average molecular weight is 980 g/mol.